The van der Waals surface area contributed by atoms with Crippen LogP contribution < -0.4 is 16.0 Å². The SMILES string of the molecule is CC(C)[C@H](NC(=O)C(NC(=O)CC(c1ccccc1)c1cc(Cl)cc(Cl)c1)c1ccccc1)C(=O)C(F)(F)C(=O)NCC(F)(F)F. The third-order valence-corrected chi connectivity index (χ3v) is 7.31. The molecule has 0 radical (unpaired) electrons. The van der Waals surface area contributed by atoms with Gasteiger partial charge in [0, 0.05) is 22.4 Å². The number of benzene rings is 3. The average molecular weight is 687 g/mol. The maximum atomic E-state index is 14.7. The third-order valence-electron chi connectivity index (χ3n) is 6.87. The number of alkyl halides is 5. The van der Waals surface area contributed by atoms with Crippen LogP contribution in [0.2, 0.25) is 10.0 Å². The van der Waals surface area contributed by atoms with Crippen LogP contribution in [-0.2, 0) is 19.2 Å². The molecular formula is C32H30Cl2F5N3O4. The highest BCUT2D eigenvalue weighted by Crippen LogP contribution is 2.32. The van der Waals surface area contributed by atoms with Gasteiger partial charge in [0.1, 0.15) is 12.6 Å². The molecule has 0 saturated carbocycles. The molecule has 3 atom stereocenters. The van der Waals surface area contributed by atoms with Crippen molar-refractivity contribution in [2.45, 2.75) is 50.4 Å². The Balaban J connectivity index is 1.88. The summed E-state index contributed by atoms with van der Waals surface area (Å²) in [7, 11) is 0. The molecule has 246 valence electrons. The van der Waals surface area contributed by atoms with Gasteiger partial charge in [-0.15, -0.1) is 0 Å². The lowest BCUT2D eigenvalue weighted by atomic mass is 9.88. The van der Waals surface area contributed by atoms with Crippen molar-refractivity contribution in [1.82, 2.24) is 16.0 Å². The zero-order chi connectivity index (χ0) is 34.2. The van der Waals surface area contributed by atoms with Crippen LogP contribution in [0.3, 0.4) is 0 Å². The van der Waals surface area contributed by atoms with Gasteiger partial charge >= 0.3 is 12.1 Å². The summed E-state index contributed by atoms with van der Waals surface area (Å²) >= 11 is 12.4. The summed E-state index contributed by atoms with van der Waals surface area (Å²) in [4.78, 5) is 51.7. The normalized spacial score (nSPS) is 13.8. The standard InChI is InChI=1S/C32H30Cl2F5N3O4/c1-18(2)26(28(44)32(38,39)30(46)40-17-31(35,36)37)42-29(45)27(20-11-7-4-8-12-20)41-25(43)16-24(19-9-5-3-6-10-19)21-13-22(33)15-23(34)14-21/h3-15,18,24,26-27H,16-17H2,1-2H3,(H,40,46)(H,41,43)(H,42,45)/t24?,26-,27?/m0/s1. The van der Waals surface area contributed by atoms with Crippen molar-refractivity contribution in [3.05, 3.63) is 106 Å². The second-order valence-electron chi connectivity index (χ2n) is 10.7. The van der Waals surface area contributed by atoms with Crippen LogP contribution >= 0.6 is 23.2 Å². The monoisotopic (exact) mass is 685 g/mol. The number of halogens is 7. The first-order chi connectivity index (χ1) is 21.5. The van der Waals surface area contributed by atoms with Gasteiger partial charge in [0.25, 0.3) is 5.91 Å². The van der Waals surface area contributed by atoms with Crippen molar-refractivity contribution < 1.29 is 41.1 Å². The summed E-state index contributed by atoms with van der Waals surface area (Å²) in [5.41, 5.74) is 1.57. The Hall–Kier alpha value is -4.03. The number of rotatable bonds is 13. The zero-order valence-electron chi connectivity index (χ0n) is 24.5. The Morgan fingerprint density at radius 2 is 1.26 bits per heavy atom. The van der Waals surface area contributed by atoms with Crippen molar-refractivity contribution in [3.63, 3.8) is 0 Å². The second kappa shape index (κ2) is 15.5. The fraction of sp³-hybridized carbons (Fsp3) is 0.312. The van der Waals surface area contributed by atoms with E-state index in [9.17, 15) is 41.1 Å². The molecule has 0 heterocycles. The molecule has 3 N–H and O–H groups in total. The zero-order valence-corrected chi connectivity index (χ0v) is 26.0. The van der Waals surface area contributed by atoms with Gasteiger partial charge in [-0.2, -0.15) is 22.0 Å². The van der Waals surface area contributed by atoms with Gasteiger partial charge in [0.15, 0.2) is 0 Å². The van der Waals surface area contributed by atoms with Crippen molar-refractivity contribution in [1.29, 1.82) is 0 Å². The number of carbonyl (C=O) groups excluding carboxylic acids is 4. The highest BCUT2D eigenvalue weighted by molar-refractivity contribution is 6.34. The molecule has 3 aromatic carbocycles. The van der Waals surface area contributed by atoms with E-state index in [0.29, 0.717) is 15.6 Å². The predicted octanol–water partition coefficient (Wildman–Crippen LogP) is 6.40. The first-order valence-corrected chi connectivity index (χ1v) is 14.7. The molecule has 14 heteroatoms. The van der Waals surface area contributed by atoms with E-state index < -0.39 is 66.1 Å². The summed E-state index contributed by atoms with van der Waals surface area (Å²) in [6.45, 7) is 0.507. The summed E-state index contributed by atoms with van der Waals surface area (Å²) in [6, 6.07) is 18.0. The molecule has 0 saturated heterocycles. The Kier molecular flexibility index (Phi) is 12.3. The van der Waals surface area contributed by atoms with Crippen molar-refractivity contribution >= 4 is 46.7 Å². The number of Topliss-reactive ketones (excluding diaryl/α,β-unsaturated/α-hetero) is 1. The Bertz CT molecular complexity index is 1520. The number of carbonyl (C=O) groups is 4. The van der Waals surface area contributed by atoms with Crippen molar-refractivity contribution in [2.24, 2.45) is 5.92 Å². The molecule has 3 rings (SSSR count). The van der Waals surface area contributed by atoms with Gasteiger partial charge in [-0.3, -0.25) is 19.2 Å². The van der Waals surface area contributed by atoms with Gasteiger partial charge in [0.2, 0.25) is 17.6 Å². The maximum absolute atomic E-state index is 14.7. The first kappa shape index (κ1) is 36.4. The van der Waals surface area contributed by atoms with E-state index in [1.807, 2.05) is 0 Å². The van der Waals surface area contributed by atoms with Crippen LogP contribution in [-0.4, -0.2) is 48.2 Å². The number of ketones is 1. The highest BCUT2D eigenvalue weighted by Gasteiger charge is 2.52. The fourth-order valence-electron chi connectivity index (χ4n) is 4.61. The van der Waals surface area contributed by atoms with Gasteiger partial charge in [-0.05, 0) is 40.8 Å². The van der Waals surface area contributed by atoms with E-state index in [0.717, 1.165) is 10.9 Å². The second-order valence-corrected chi connectivity index (χ2v) is 11.6. The fourth-order valence-corrected chi connectivity index (χ4v) is 5.15. The number of amides is 3. The van der Waals surface area contributed by atoms with E-state index in [4.69, 9.17) is 23.2 Å². The van der Waals surface area contributed by atoms with E-state index in [-0.39, 0.29) is 12.0 Å². The number of hydrogen-bond acceptors (Lipinski definition) is 4. The minimum absolute atomic E-state index is 0.207. The molecule has 3 aromatic rings. The molecule has 0 bridgehead atoms. The molecule has 0 aromatic heterocycles. The molecule has 0 fully saturated rings. The van der Waals surface area contributed by atoms with Gasteiger partial charge in [-0.1, -0.05) is 97.7 Å². The smallest absolute Gasteiger partial charge is 0.344 e. The lowest BCUT2D eigenvalue weighted by molar-refractivity contribution is -0.165. The predicted molar refractivity (Wildman–Crippen MR) is 162 cm³/mol. The van der Waals surface area contributed by atoms with Crippen LogP contribution in [0.15, 0.2) is 78.9 Å². The van der Waals surface area contributed by atoms with Gasteiger partial charge < -0.3 is 16.0 Å². The molecule has 0 aliphatic carbocycles. The Morgan fingerprint density at radius 3 is 1.76 bits per heavy atom. The highest BCUT2D eigenvalue weighted by atomic mass is 35.5. The summed E-state index contributed by atoms with van der Waals surface area (Å²) < 4.78 is 66.9. The molecular weight excluding hydrogens is 656 g/mol. The quantitative estimate of drug-likeness (QED) is 0.143. The number of nitrogens with one attached hydrogen (secondary N) is 3. The maximum Gasteiger partial charge on any atom is 0.405 e. The average Bonchev–Trinajstić information content (AvgIpc) is 2.99. The van der Waals surface area contributed by atoms with Crippen molar-refractivity contribution in [2.75, 3.05) is 6.54 Å². The van der Waals surface area contributed by atoms with Crippen LogP contribution in [0.4, 0.5) is 22.0 Å². The third kappa shape index (κ3) is 9.98. The van der Waals surface area contributed by atoms with Gasteiger partial charge in [0.05, 0.1) is 6.04 Å². The summed E-state index contributed by atoms with van der Waals surface area (Å²) in [5.74, 6) is -12.8. The van der Waals surface area contributed by atoms with E-state index in [2.05, 4.69) is 10.6 Å². The molecule has 2 unspecified atom stereocenters. The Labute approximate surface area is 271 Å². The van der Waals surface area contributed by atoms with E-state index in [1.165, 1.54) is 32.0 Å². The van der Waals surface area contributed by atoms with Gasteiger partial charge in [-0.25, -0.2) is 0 Å². The number of hydrogen-bond donors (Lipinski definition) is 3. The van der Waals surface area contributed by atoms with Crippen LogP contribution in [0.5, 0.6) is 0 Å². The lowest BCUT2D eigenvalue weighted by Crippen LogP contribution is -2.58. The topological polar surface area (TPSA) is 104 Å². The van der Waals surface area contributed by atoms with Crippen LogP contribution in [0.25, 0.3) is 0 Å². The molecule has 3 amide bonds. The molecule has 0 spiro atoms. The summed E-state index contributed by atoms with van der Waals surface area (Å²) in [5, 5.41) is 6.42. The minimum Gasteiger partial charge on any atom is -0.344 e. The van der Waals surface area contributed by atoms with Crippen LogP contribution in [0.1, 0.15) is 48.9 Å². The molecule has 0 aliphatic rings. The lowest BCUT2D eigenvalue weighted by Gasteiger charge is -2.28. The van der Waals surface area contributed by atoms with Crippen molar-refractivity contribution in [3.8, 4) is 0 Å². The molecule has 46 heavy (non-hydrogen) atoms. The van der Waals surface area contributed by atoms with Crippen LogP contribution in [0, 0.1) is 5.92 Å². The molecule has 7 nitrogen and oxygen atoms in total. The summed E-state index contributed by atoms with van der Waals surface area (Å²) in [6.07, 6.45) is -5.21. The minimum atomic E-state index is -5.00. The first-order valence-electron chi connectivity index (χ1n) is 13.9. The Morgan fingerprint density at radius 1 is 0.739 bits per heavy atom. The molecule has 0 aliphatic heterocycles. The largest absolute Gasteiger partial charge is 0.405 e. The van der Waals surface area contributed by atoms with E-state index >= 15 is 0 Å². The van der Waals surface area contributed by atoms with E-state index in [1.54, 1.807) is 60.7 Å².